The predicted octanol–water partition coefficient (Wildman–Crippen LogP) is 3.03. The molecule has 0 amide bonds. The lowest BCUT2D eigenvalue weighted by atomic mass is 9.96. The minimum atomic E-state index is -0.814. The lowest BCUT2D eigenvalue weighted by Crippen LogP contribution is -2.19. The van der Waals surface area contributed by atoms with E-state index in [4.69, 9.17) is 21.1 Å². The molecule has 5 heteroatoms. The third-order valence-electron chi connectivity index (χ3n) is 3.02. The van der Waals surface area contributed by atoms with Gasteiger partial charge in [0.25, 0.3) is 0 Å². The zero-order valence-corrected chi connectivity index (χ0v) is 12.4. The maximum Gasteiger partial charge on any atom is 0.306 e. The van der Waals surface area contributed by atoms with Crippen molar-refractivity contribution in [3.63, 3.8) is 0 Å². The van der Waals surface area contributed by atoms with Crippen LogP contribution in [0, 0.1) is 5.92 Å². The van der Waals surface area contributed by atoms with Crippen LogP contribution in [-0.4, -0.2) is 38.0 Å². The smallest absolute Gasteiger partial charge is 0.306 e. The minimum Gasteiger partial charge on any atom is -0.481 e. The molecule has 0 aromatic heterocycles. The van der Waals surface area contributed by atoms with E-state index in [-0.39, 0.29) is 0 Å². The summed E-state index contributed by atoms with van der Waals surface area (Å²) in [6.45, 7) is 1.68. The van der Waals surface area contributed by atoms with Gasteiger partial charge in [0.2, 0.25) is 0 Å². The average Bonchev–Trinajstić information content (AvgIpc) is 2.43. The molecule has 0 spiro atoms. The van der Waals surface area contributed by atoms with Gasteiger partial charge in [0.15, 0.2) is 0 Å². The molecule has 20 heavy (non-hydrogen) atoms. The van der Waals surface area contributed by atoms with E-state index in [1.807, 2.05) is 18.2 Å². The molecule has 1 rings (SSSR count). The molecule has 0 radical (unpaired) electrons. The Balaban J connectivity index is 2.38. The van der Waals surface area contributed by atoms with Gasteiger partial charge in [0, 0.05) is 32.0 Å². The number of rotatable bonds is 10. The molecule has 1 unspecified atom stereocenters. The molecule has 112 valence electrons. The maximum atomic E-state index is 11.3. The van der Waals surface area contributed by atoms with E-state index in [0.717, 1.165) is 12.0 Å². The van der Waals surface area contributed by atoms with Crippen LogP contribution in [0.15, 0.2) is 24.3 Å². The van der Waals surface area contributed by atoms with Crippen molar-refractivity contribution in [3.8, 4) is 0 Å². The van der Waals surface area contributed by atoms with Crippen LogP contribution in [0.4, 0.5) is 0 Å². The Bertz CT molecular complexity index is 409. The number of methoxy groups -OCH3 is 1. The standard InChI is InChI=1S/C15H21ClO4/c1-19-8-4-9-20-10-7-13(15(17)18)11-12-5-2-3-6-14(12)16/h2-3,5-6,13H,4,7-11H2,1H3,(H,17,18). The van der Waals surface area contributed by atoms with Gasteiger partial charge < -0.3 is 14.6 Å². The summed E-state index contributed by atoms with van der Waals surface area (Å²) in [6, 6.07) is 7.33. The number of ether oxygens (including phenoxy) is 2. The Hall–Kier alpha value is -1.10. The fourth-order valence-corrected chi connectivity index (χ4v) is 2.09. The third kappa shape index (κ3) is 6.37. The number of hydrogen-bond donors (Lipinski definition) is 1. The van der Waals surface area contributed by atoms with Crippen molar-refractivity contribution in [1.82, 2.24) is 0 Å². The molecule has 1 atom stereocenters. The Morgan fingerprint density at radius 3 is 2.70 bits per heavy atom. The second kappa shape index (κ2) is 9.75. The van der Waals surface area contributed by atoms with Gasteiger partial charge in [0.05, 0.1) is 5.92 Å². The van der Waals surface area contributed by atoms with Gasteiger partial charge in [-0.3, -0.25) is 4.79 Å². The van der Waals surface area contributed by atoms with E-state index >= 15 is 0 Å². The zero-order valence-electron chi connectivity index (χ0n) is 11.7. The highest BCUT2D eigenvalue weighted by molar-refractivity contribution is 6.31. The largest absolute Gasteiger partial charge is 0.481 e. The monoisotopic (exact) mass is 300 g/mol. The van der Waals surface area contributed by atoms with Crippen LogP contribution in [-0.2, 0) is 20.7 Å². The SMILES string of the molecule is COCCCOCCC(Cc1ccccc1Cl)C(=O)O. The van der Waals surface area contributed by atoms with Crippen LogP contribution < -0.4 is 0 Å². The highest BCUT2D eigenvalue weighted by Crippen LogP contribution is 2.20. The first-order valence-corrected chi connectivity index (χ1v) is 7.06. The Kier molecular flexibility index (Phi) is 8.26. The van der Waals surface area contributed by atoms with E-state index in [1.165, 1.54) is 0 Å². The molecule has 0 aliphatic carbocycles. The van der Waals surface area contributed by atoms with Crippen LogP contribution in [0.1, 0.15) is 18.4 Å². The summed E-state index contributed by atoms with van der Waals surface area (Å²) < 4.78 is 10.3. The predicted molar refractivity (Wildman–Crippen MR) is 78.2 cm³/mol. The molecule has 0 saturated heterocycles. The second-order valence-electron chi connectivity index (χ2n) is 4.58. The minimum absolute atomic E-state index is 0.427. The van der Waals surface area contributed by atoms with E-state index < -0.39 is 11.9 Å². The highest BCUT2D eigenvalue weighted by atomic mass is 35.5. The number of hydrogen-bond acceptors (Lipinski definition) is 3. The number of carbonyl (C=O) groups is 1. The van der Waals surface area contributed by atoms with Gasteiger partial charge in [-0.15, -0.1) is 0 Å². The molecular weight excluding hydrogens is 280 g/mol. The fourth-order valence-electron chi connectivity index (χ4n) is 1.88. The quantitative estimate of drug-likeness (QED) is 0.675. The van der Waals surface area contributed by atoms with Crippen molar-refractivity contribution in [3.05, 3.63) is 34.9 Å². The van der Waals surface area contributed by atoms with E-state index in [1.54, 1.807) is 13.2 Å². The van der Waals surface area contributed by atoms with Crippen LogP contribution in [0.25, 0.3) is 0 Å². The topological polar surface area (TPSA) is 55.8 Å². The number of halogens is 1. The fraction of sp³-hybridized carbons (Fsp3) is 0.533. The third-order valence-corrected chi connectivity index (χ3v) is 3.39. The van der Waals surface area contributed by atoms with Gasteiger partial charge in [-0.25, -0.2) is 0 Å². The van der Waals surface area contributed by atoms with Gasteiger partial charge in [-0.2, -0.15) is 0 Å². The first-order valence-electron chi connectivity index (χ1n) is 6.68. The average molecular weight is 301 g/mol. The lowest BCUT2D eigenvalue weighted by molar-refractivity contribution is -0.142. The molecule has 0 saturated carbocycles. The number of aliphatic carboxylic acids is 1. The van der Waals surface area contributed by atoms with Gasteiger partial charge in [-0.05, 0) is 30.9 Å². The molecule has 0 aliphatic heterocycles. The van der Waals surface area contributed by atoms with E-state index in [9.17, 15) is 9.90 Å². The van der Waals surface area contributed by atoms with Crippen molar-refractivity contribution in [2.75, 3.05) is 26.9 Å². The summed E-state index contributed by atoms with van der Waals surface area (Å²) in [6.07, 6.45) is 1.72. The van der Waals surface area contributed by atoms with Crippen LogP contribution >= 0.6 is 11.6 Å². The molecule has 0 fully saturated rings. The first-order chi connectivity index (χ1) is 9.65. The molecule has 1 aromatic rings. The normalized spacial score (nSPS) is 12.3. The van der Waals surface area contributed by atoms with E-state index in [2.05, 4.69) is 0 Å². The first kappa shape index (κ1) is 17.0. The second-order valence-corrected chi connectivity index (χ2v) is 4.99. The Labute approximate surface area is 124 Å². The molecular formula is C15H21ClO4. The lowest BCUT2D eigenvalue weighted by Gasteiger charge is -2.13. The van der Waals surface area contributed by atoms with E-state index in [0.29, 0.717) is 37.7 Å². The van der Waals surface area contributed by atoms with Crippen molar-refractivity contribution in [1.29, 1.82) is 0 Å². The molecule has 0 heterocycles. The zero-order chi connectivity index (χ0) is 14.8. The molecule has 0 bridgehead atoms. The highest BCUT2D eigenvalue weighted by Gasteiger charge is 2.18. The Morgan fingerprint density at radius 2 is 2.05 bits per heavy atom. The number of carboxylic acid groups (broad SMARTS) is 1. The summed E-state index contributed by atoms with van der Waals surface area (Å²) in [5.41, 5.74) is 0.862. The van der Waals surface area contributed by atoms with Crippen LogP contribution in [0.5, 0.6) is 0 Å². The summed E-state index contributed by atoms with van der Waals surface area (Å²) in [5, 5.41) is 9.86. The number of benzene rings is 1. The molecule has 0 aliphatic rings. The number of carboxylic acids is 1. The summed E-state index contributed by atoms with van der Waals surface area (Å²) in [5.74, 6) is -1.29. The molecule has 1 aromatic carbocycles. The van der Waals surface area contributed by atoms with Crippen LogP contribution in [0.2, 0.25) is 5.02 Å². The van der Waals surface area contributed by atoms with Crippen molar-refractivity contribution in [2.24, 2.45) is 5.92 Å². The van der Waals surface area contributed by atoms with Gasteiger partial charge in [0.1, 0.15) is 0 Å². The van der Waals surface area contributed by atoms with Gasteiger partial charge in [-0.1, -0.05) is 29.8 Å². The van der Waals surface area contributed by atoms with Crippen molar-refractivity contribution < 1.29 is 19.4 Å². The Morgan fingerprint density at radius 1 is 1.30 bits per heavy atom. The van der Waals surface area contributed by atoms with Crippen molar-refractivity contribution >= 4 is 17.6 Å². The molecule has 4 nitrogen and oxygen atoms in total. The maximum absolute atomic E-state index is 11.3. The molecule has 1 N–H and O–H groups in total. The summed E-state index contributed by atoms with van der Waals surface area (Å²) in [4.78, 5) is 11.3. The summed E-state index contributed by atoms with van der Waals surface area (Å²) in [7, 11) is 1.64. The van der Waals surface area contributed by atoms with Crippen molar-refractivity contribution in [2.45, 2.75) is 19.3 Å². The van der Waals surface area contributed by atoms with Gasteiger partial charge >= 0.3 is 5.97 Å². The summed E-state index contributed by atoms with van der Waals surface area (Å²) >= 11 is 6.05. The van der Waals surface area contributed by atoms with Crippen LogP contribution in [0.3, 0.4) is 0 Å².